The molecule has 3 aromatic rings. The molecule has 2 aromatic carbocycles. The number of nitrogens with one attached hydrogen (secondary N) is 2. The third kappa shape index (κ3) is 5.79. The third-order valence-corrected chi connectivity index (χ3v) is 6.85. The van der Waals surface area contributed by atoms with Gasteiger partial charge in [-0.1, -0.05) is 30.3 Å². The van der Waals surface area contributed by atoms with Crippen molar-refractivity contribution in [2.45, 2.75) is 56.4 Å². The minimum Gasteiger partial charge on any atom is -0.388 e. The number of piperidine rings is 1. The summed E-state index contributed by atoms with van der Waals surface area (Å²) in [5.41, 5.74) is -3.54. The summed E-state index contributed by atoms with van der Waals surface area (Å²) in [6, 6.07) is 10.2. The number of halogens is 6. The first kappa shape index (κ1) is 27.9. The molecule has 2 heterocycles. The molecule has 3 N–H and O–H groups in total. The molecular weight excluding hydrogens is 518 g/mol. The average Bonchev–Trinajstić information content (AvgIpc) is 3.27. The lowest BCUT2D eigenvalue weighted by Gasteiger charge is -2.42. The van der Waals surface area contributed by atoms with Gasteiger partial charge in [0.15, 0.2) is 5.82 Å². The van der Waals surface area contributed by atoms with E-state index in [0.29, 0.717) is 25.0 Å². The number of hydrogen-bond acceptors (Lipinski definition) is 5. The van der Waals surface area contributed by atoms with Crippen LogP contribution in [-0.2, 0) is 29.2 Å². The molecular formula is C25H26F6N4O3. The van der Waals surface area contributed by atoms with Gasteiger partial charge in [0.05, 0.1) is 35.4 Å². The van der Waals surface area contributed by atoms with Gasteiger partial charge in [0.1, 0.15) is 6.61 Å². The van der Waals surface area contributed by atoms with Crippen molar-refractivity contribution in [3.05, 3.63) is 87.1 Å². The molecule has 0 radical (unpaired) electrons. The van der Waals surface area contributed by atoms with E-state index in [1.165, 1.54) is 11.5 Å². The van der Waals surface area contributed by atoms with Crippen LogP contribution in [0.2, 0.25) is 0 Å². The maximum Gasteiger partial charge on any atom is 0.416 e. The number of benzene rings is 2. The van der Waals surface area contributed by atoms with Crippen LogP contribution in [0.3, 0.4) is 0 Å². The van der Waals surface area contributed by atoms with E-state index in [9.17, 15) is 36.2 Å². The van der Waals surface area contributed by atoms with E-state index < -0.39 is 47.4 Å². The highest BCUT2D eigenvalue weighted by Gasteiger charge is 2.40. The van der Waals surface area contributed by atoms with Crippen molar-refractivity contribution in [3.8, 4) is 0 Å². The fraction of sp³-hybridized carbons (Fsp3) is 0.440. The van der Waals surface area contributed by atoms with E-state index in [1.54, 1.807) is 12.1 Å². The molecule has 206 valence electrons. The van der Waals surface area contributed by atoms with Crippen LogP contribution in [0, 0.1) is 0 Å². The van der Waals surface area contributed by atoms with Gasteiger partial charge >= 0.3 is 18.0 Å². The Labute approximate surface area is 213 Å². The first-order valence-electron chi connectivity index (χ1n) is 11.8. The molecule has 0 saturated carbocycles. The van der Waals surface area contributed by atoms with Crippen molar-refractivity contribution in [1.29, 1.82) is 0 Å². The van der Waals surface area contributed by atoms with Crippen LogP contribution in [0.4, 0.5) is 26.3 Å². The Bertz CT molecular complexity index is 1260. The van der Waals surface area contributed by atoms with Crippen molar-refractivity contribution >= 4 is 0 Å². The van der Waals surface area contributed by atoms with E-state index in [0.717, 1.165) is 5.56 Å². The fourth-order valence-corrected chi connectivity index (χ4v) is 4.75. The summed E-state index contributed by atoms with van der Waals surface area (Å²) in [6.45, 7) is 1.19. The molecule has 7 nitrogen and oxygen atoms in total. The molecule has 1 fully saturated rings. The summed E-state index contributed by atoms with van der Waals surface area (Å²) in [5.74, 6) is 0.184. The molecule has 0 aliphatic carbocycles. The van der Waals surface area contributed by atoms with Gasteiger partial charge in [0.25, 0.3) is 0 Å². The van der Waals surface area contributed by atoms with E-state index in [4.69, 9.17) is 4.74 Å². The first-order valence-corrected chi connectivity index (χ1v) is 11.8. The third-order valence-electron chi connectivity index (χ3n) is 6.85. The Morgan fingerprint density at radius 3 is 2.26 bits per heavy atom. The lowest BCUT2D eigenvalue weighted by atomic mass is 9.81. The van der Waals surface area contributed by atoms with Crippen molar-refractivity contribution < 1.29 is 36.2 Å². The van der Waals surface area contributed by atoms with Crippen LogP contribution >= 0.6 is 0 Å². The first-order chi connectivity index (χ1) is 17.8. The summed E-state index contributed by atoms with van der Waals surface area (Å²) in [5, 5.41) is 19.0. The van der Waals surface area contributed by atoms with Crippen LogP contribution in [0.25, 0.3) is 0 Å². The van der Waals surface area contributed by atoms with Gasteiger partial charge in [-0.05, 0) is 49.1 Å². The molecule has 38 heavy (non-hydrogen) atoms. The van der Waals surface area contributed by atoms with Crippen LogP contribution in [0.15, 0.2) is 53.3 Å². The van der Waals surface area contributed by atoms with Gasteiger partial charge in [-0.2, -0.15) is 31.4 Å². The Kier molecular flexibility index (Phi) is 7.73. The largest absolute Gasteiger partial charge is 0.416 e. The molecule has 0 amide bonds. The molecule has 4 rings (SSSR count). The molecule has 1 saturated heterocycles. The number of hydrogen-bond donors (Lipinski definition) is 3. The zero-order valence-corrected chi connectivity index (χ0v) is 20.2. The van der Waals surface area contributed by atoms with Crippen LogP contribution in [0.1, 0.15) is 60.0 Å². The monoisotopic (exact) mass is 544 g/mol. The summed E-state index contributed by atoms with van der Waals surface area (Å²) in [4.78, 5) is 12.2. The molecule has 1 aliphatic heterocycles. The SMILES string of the molecule is CC(OCC1(c2ccccc2)CCC(n2c(CO)n[nH]c2=O)CN1)c1cc(C(F)(F)F)cc(C(F)(F)F)c1. The number of alkyl halides is 6. The maximum atomic E-state index is 13.3. The Balaban J connectivity index is 1.59. The molecule has 3 atom stereocenters. The molecule has 3 unspecified atom stereocenters. The van der Waals surface area contributed by atoms with Crippen LogP contribution < -0.4 is 11.0 Å². The second kappa shape index (κ2) is 10.5. The maximum absolute atomic E-state index is 13.3. The standard InChI is InChI=1S/C25H26F6N4O3/c1-15(16-9-18(24(26,27)28)11-19(10-16)25(29,30)31)38-14-23(17-5-3-2-4-6-17)8-7-20(12-32-23)35-21(13-36)33-34-22(35)37/h2-6,9-11,15,20,32,36H,7-8,12-14H2,1H3,(H,34,37). The van der Waals surface area contributed by atoms with E-state index in [1.807, 2.05) is 18.2 Å². The number of aromatic amines is 1. The second-order valence-corrected chi connectivity index (χ2v) is 9.29. The Morgan fingerprint density at radius 2 is 1.74 bits per heavy atom. The molecule has 1 aliphatic rings. The summed E-state index contributed by atoms with van der Waals surface area (Å²) in [6.07, 6.45) is -10.1. The number of ether oxygens (including phenoxy) is 1. The lowest BCUT2D eigenvalue weighted by Crippen LogP contribution is -2.53. The molecule has 13 heteroatoms. The smallest absolute Gasteiger partial charge is 0.388 e. The van der Waals surface area contributed by atoms with E-state index in [-0.39, 0.29) is 36.6 Å². The minimum absolute atomic E-state index is 0.0599. The lowest BCUT2D eigenvalue weighted by molar-refractivity contribution is -0.143. The summed E-state index contributed by atoms with van der Waals surface area (Å²) in [7, 11) is 0. The predicted octanol–water partition coefficient (Wildman–Crippen LogP) is 4.70. The zero-order valence-electron chi connectivity index (χ0n) is 20.2. The summed E-state index contributed by atoms with van der Waals surface area (Å²) >= 11 is 0. The number of H-pyrrole nitrogens is 1. The van der Waals surface area contributed by atoms with Gasteiger partial charge in [-0.25, -0.2) is 9.89 Å². The van der Waals surface area contributed by atoms with E-state index in [2.05, 4.69) is 15.5 Å². The van der Waals surface area contributed by atoms with Crippen molar-refractivity contribution in [1.82, 2.24) is 20.1 Å². The highest BCUT2D eigenvalue weighted by molar-refractivity contribution is 5.35. The highest BCUT2D eigenvalue weighted by Crippen LogP contribution is 2.39. The van der Waals surface area contributed by atoms with Crippen LogP contribution in [-0.4, -0.2) is 33.0 Å². The highest BCUT2D eigenvalue weighted by atomic mass is 19.4. The van der Waals surface area contributed by atoms with Crippen LogP contribution in [0.5, 0.6) is 0 Å². The average molecular weight is 544 g/mol. The second-order valence-electron chi connectivity index (χ2n) is 9.29. The van der Waals surface area contributed by atoms with Gasteiger partial charge < -0.3 is 15.2 Å². The quantitative estimate of drug-likeness (QED) is 0.375. The normalized spacial score (nSPS) is 21.4. The topological polar surface area (TPSA) is 92.2 Å². The predicted molar refractivity (Wildman–Crippen MR) is 124 cm³/mol. The Morgan fingerprint density at radius 1 is 1.11 bits per heavy atom. The van der Waals surface area contributed by atoms with Gasteiger partial charge in [-0.3, -0.25) is 4.57 Å². The molecule has 0 bridgehead atoms. The van der Waals surface area contributed by atoms with Crippen molar-refractivity contribution in [3.63, 3.8) is 0 Å². The van der Waals surface area contributed by atoms with Crippen molar-refractivity contribution in [2.24, 2.45) is 0 Å². The minimum atomic E-state index is -4.96. The number of aromatic nitrogens is 3. The number of nitrogens with zero attached hydrogens (tertiary/aromatic N) is 2. The van der Waals surface area contributed by atoms with Gasteiger partial charge in [0.2, 0.25) is 0 Å². The summed E-state index contributed by atoms with van der Waals surface area (Å²) < 4.78 is 87.3. The van der Waals surface area contributed by atoms with Gasteiger partial charge in [0, 0.05) is 6.54 Å². The number of rotatable bonds is 7. The molecule has 0 spiro atoms. The van der Waals surface area contributed by atoms with Gasteiger partial charge in [-0.15, -0.1) is 0 Å². The number of aliphatic hydroxyl groups is 1. The molecule has 1 aromatic heterocycles. The Hall–Kier alpha value is -3.16. The fourth-order valence-electron chi connectivity index (χ4n) is 4.75. The van der Waals surface area contributed by atoms with Crippen molar-refractivity contribution in [2.75, 3.05) is 13.2 Å². The number of aliphatic hydroxyl groups excluding tert-OH is 1. The van der Waals surface area contributed by atoms with E-state index >= 15 is 0 Å². The zero-order chi connectivity index (χ0) is 27.7.